The molecule has 3 heterocycles. The summed E-state index contributed by atoms with van der Waals surface area (Å²) in [6.07, 6.45) is 3.38. The molecule has 0 spiro atoms. The van der Waals surface area contributed by atoms with E-state index in [9.17, 15) is 14.4 Å². The molecule has 3 aliphatic rings. The number of piperidine rings is 2. The van der Waals surface area contributed by atoms with Crippen LogP contribution in [0.25, 0.3) is 0 Å². The zero-order valence-corrected chi connectivity index (χ0v) is 18.7. The van der Waals surface area contributed by atoms with Gasteiger partial charge in [0.2, 0.25) is 17.7 Å². The van der Waals surface area contributed by atoms with Crippen LogP contribution in [0.15, 0.2) is 18.2 Å². The van der Waals surface area contributed by atoms with Crippen LogP contribution in [0.3, 0.4) is 0 Å². The highest BCUT2D eigenvalue weighted by molar-refractivity contribution is 6.31. The molecule has 4 rings (SSSR count). The number of likely N-dealkylation sites (tertiary alicyclic amines) is 1. The van der Waals surface area contributed by atoms with E-state index in [1.54, 1.807) is 18.2 Å². The fraction of sp³-hybridized carbons (Fsp3) is 0.591. The average Bonchev–Trinajstić information content (AvgIpc) is 2.75. The van der Waals surface area contributed by atoms with Crippen LogP contribution in [0.5, 0.6) is 0 Å². The van der Waals surface area contributed by atoms with E-state index in [2.05, 4.69) is 33.1 Å². The fourth-order valence-corrected chi connectivity index (χ4v) is 5.18. The monoisotopic (exact) mass is 447 g/mol. The minimum absolute atomic E-state index is 0.0340. The van der Waals surface area contributed by atoms with Gasteiger partial charge < -0.3 is 16.0 Å². The summed E-state index contributed by atoms with van der Waals surface area (Å²) < 4.78 is 0. The van der Waals surface area contributed by atoms with Crippen LogP contribution < -0.4 is 21.3 Å². The van der Waals surface area contributed by atoms with Crippen molar-refractivity contribution in [1.29, 1.82) is 0 Å². The molecule has 4 N–H and O–H groups in total. The van der Waals surface area contributed by atoms with E-state index in [0.717, 1.165) is 31.4 Å². The van der Waals surface area contributed by atoms with Crippen LogP contribution in [0, 0.1) is 18.8 Å². The molecule has 3 aliphatic heterocycles. The van der Waals surface area contributed by atoms with Crippen molar-refractivity contribution in [2.45, 2.75) is 64.4 Å². The lowest BCUT2D eigenvalue weighted by atomic mass is 9.81. The molecule has 3 amide bonds. The zero-order chi connectivity index (χ0) is 22.1. The van der Waals surface area contributed by atoms with Crippen molar-refractivity contribution < 1.29 is 14.4 Å². The number of benzene rings is 1. The van der Waals surface area contributed by atoms with Gasteiger partial charge in [-0.05, 0) is 43.9 Å². The molecule has 9 heteroatoms. The lowest BCUT2D eigenvalue weighted by Crippen LogP contribution is -2.75. The van der Waals surface area contributed by atoms with Crippen molar-refractivity contribution in [3.63, 3.8) is 0 Å². The second kappa shape index (κ2) is 9.14. The average molecular weight is 448 g/mol. The van der Waals surface area contributed by atoms with Crippen molar-refractivity contribution >= 4 is 35.0 Å². The summed E-state index contributed by atoms with van der Waals surface area (Å²) in [5.74, 6) is -2.25. The van der Waals surface area contributed by atoms with E-state index in [-0.39, 0.29) is 30.4 Å². The van der Waals surface area contributed by atoms with Gasteiger partial charge in [-0.25, -0.2) is 0 Å². The number of nitrogens with zero attached hydrogens (tertiary/aromatic N) is 1. The predicted molar refractivity (Wildman–Crippen MR) is 118 cm³/mol. The SMILES string of the molecule is CCC1CCCCN1C1NC(=O)C2C(NC(=O)CC2C(=O)Nc2cccc(Cl)c2C)N1. The number of hydrogen-bond donors (Lipinski definition) is 4. The van der Waals surface area contributed by atoms with Crippen molar-refractivity contribution in [2.24, 2.45) is 11.8 Å². The lowest BCUT2D eigenvalue weighted by molar-refractivity contribution is -0.148. The molecule has 0 aromatic heterocycles. The molecule has 3 saturated heterocycles. The molecular formula is C22H30ClN5O3. The Morgan fingerprint density at radius 1 is 1.26 bits per heavy atom. The van der Waals surface area contributed by atoms with Gasteiger partial charge in [0.1, 0.15) is 6.29 Å². The van der Waals surface area contributed by atoms with Crippen LogP contribution in [0.2, 0.25) is 5.02 Å². The molecule has 5 unspecified atom stereocenters. The minimum Gasteiger partial charge on any atom is -0.340 e. The summed E-state index contributed by atoms with van der Waals surface area (Å²) in [6.45, 7) is 4.85. The van der Waals surface area contributed by atoms with Gasteiger partial charge in [0.25, 0.3) is 0 Å². The maximum absolute atomic E-state index is 13.1. The summed E-state index contributed by atoms with van der Waals surface area (Å²) in [6, 6.07) is 5.64. The highest BCUT2D eigenvalue weighted by Crippen LogP contribution is 2.31. The molecule has 0 bridgehead atoms. The summed E-state index contributed by atoms with van der Waals surface area (Å²) in [4.78, 5) is 40.9. The first kappa shape index (κ1) is 22.0. The summed E-state index contributed by atoms with van der Waals surface area (Å²) >= 11 is 6.16. The highest BCUT2D eigenvalue weighted by atomic mass is 35.5. The van der Waals surface area contributed by atoms with E-state index >= 15 is 0 Å². The Morgan fingerprint density at radius 3 is 2.84 bits per heavy atom. The first-order valence-corrected chi connectivity index (χ1v) is 11.4. The smallest absolute Gasteiger partial charge is 0.229 e. The molecule has 0 saturated carbocycles. The first-order valence-electron chi connectivity index (χ1n) is 11.1. The second-order valence-corrected chi connectivity index (χ2v) is 9.06. The van der Waals surface area contributed by atoms with Gasteiger partial charge in [-0.3, -0.25) is 24.6 Å². The van der Waals surface area contributed by atoms with Crippen LogP contribution in [-0.4, -0.2) is 47.7 Å². The van der Waals surface area contributed by atoms with Crippen LogP contribution in [0.4, 0.5) is 5.69 Å². The summed E-state index contributed by atoms with van der Waals surface area (Å²) in [5, 5.41) is 12.7. The normalized spacial score (nSPS) is 31.4. The van der Waals surface area contributed by atoms with Crippen molar-refractivity contribution in [2.75, 3.05) is 11.9 Å². The molecule has 0 radical (unpaired) electrons. The van der Waals surface area contributed by atoms with Gasteiger partial charge in [-0.1, -0.05) is 31.0 Å². The third-order valence-electron chi connectivity index (χ3n) is 6.77. The molecule has 168 valence electrons. The third-order valence-corrected chi connectivity index (χ3v) is 7.18. The third kappa shape index (κ3) is 4.42. The van der Waals surface area contributed by atoms with Crippen molar-refractivity contribution in [3.8, 4) is 0 Å². The molecule has 8 nitrogen and oxygen atoms in total. The Morgan fingerprint density at radius 2 is 2.06 bits per heavy atom. The molecule has 1 aromatic rings. The summed E-state index contributed by atoms with van der Waals surface area (Å²) in [7, 11) is 0. The zero-order valence-electron chi connectivity index (χ0n) is 17.9. The van der Waals surface area contributed by atoms with Crippen molar-refractivity contribution in [3.05, 3.63) is 28.8 Å². The molecule has 5 atom stereocenters. The van der Waals surface area contributed by atoms with Gasteiger partial charge >= 0.3 is 0 Å². The van der Waals surface area contributed by atoms with Crippen LogP contribution >= 0.6 is 11.6 Å². The number of amides is 3. The largest absolute Gasteiger partial charge is 0.340 e. The standard InChI is InChI=1S/C22H30ClN5O3/c1-3-13-7-4-5-10-28(13)22-26-19-18(21(31)27-22)14(11-17(29)25-19)20(30)24-16-9-6-8-15(23)12(16)2/h6,8-9,13-14,18-19,22,26H,3-5,7,10-11H2,1-2H3,(H,24,30)(H,25,29)(H,27,31). The highest BCUT2D eigenvalue weighted by Gasteiger charge is 2.49. The van der Waals surface area contributed by atoms with Gasteiger partial charge in [-0.2, -0.15) is 0 Å². The number of halogens is 1. The molecular weight excluding hydrogens is 418 g/mol. The Bertz CT molecular complexity index is 879. The minimum atomic E-state index is -0.770. The number of fused-ring (bicyclic) bond motifs is 1. The quantitative estimate of drug-likeness (QED) is 0.565. The van der Waals surface area contributed by atoms with E-state index in [0.29, 0.717) is 16.8 Å². The number of rotatable bonds is 4. The number of anilines is 1. The van der Waals surface area contributed by atoms with E-state index in [1.165, 1.54) is 6.42 Å². The van der Waals surface area contributed by atoms with Gasteiger partial charge in [0, 0.05) is 29.7 Å². The van der Waals surface area contributed by atoms with E-state index in [1.807, 2.05) is 6.92 Å². The maximum Gasteiger partial charge on any atom is 0.229 e. The van der Waals surface area contributed by atoms with Gasteiger partial charge in [0.05, 0.1) is 18.0 Å². The van der Waals surface area contributed by atoms with E-state index < -0.39 is 18.0 Å². The number of carbonyl (C=O) groups is 3. The Labute approximate surface area is 187 Å². The van der Waals surface area contributed by atoms with E-state index in [4.69, 9.17) is 11.6 Å². The van der Waals surface area contributed by atoms with Crippen molar-refractivity contribution in [1.82, 2.24) is 20.9 Å². The Balaban J connectivity index is 1.52. The molecule has 1 aromatic carbocycles. The Hall–Kier alpha value is -2.16. The van der Waals surface area contributed by atoms with Gasteiger partial charge in [-0.15, -0.1) is 0 Å². The number of hydrogen-bond acceptors (Lipinski definition) is 5. The Kier molecular flexibility index (Phi) is 6.50. The van der Waals surface area contributed by atoms with Crippen LogP contribution in [-0.2, 0) is 14.4 Å². The predicted octanol–water partition coefficient (Wildman–Crippen LogP) is 1.93. The second-order valence-electron chi connectivity index (χ2n) is 8.66. The summed E-state index contributed by atoms with van der Waals surface area (Å²) in [5.41, 5.74) is 1.33. The lowest BCUT2D eigenvalue weighted by Gasteiger charge is -2.49. The maximum atomic E-state index is 13.1. The number of carbonyl (C=O) groups excluding carboxylic acids is 3. The first-order chi connectivity index (χ1) is 14.9. The fourth-order valence-electron chi connectivity index (χ4n) is 5.01. The molecule has 0 aliphatic carbocycles. The molecule has 3 fully saturated rings. The van der Waals surface area contributed by atoms with Gasteiger partial charge in [0.15, 0.2) is 0 Å². The van der Waals surface area contributed by atoms with Crippen LogP contribution in [0.1, 0.15) is 44.6 Å². The topological polar surface area (TPSA) is 103 Å². The number of nitrogens with one attached hydrogen (secondary N) is 4. The molecule has 31 heavy (non-hydrogen) atoms.